The van der Waals surface area contributed by atoms with E-state index in [0.29, 0.717) is 29.6 Å². The molecule has 2 aromatic heterocycles. The van der Waals surface area contributed by atoms with Crippen LogP contribution in [-0.2, 0) is 6.42 Å². The van der Waals surface area contributed by atoms with E-state index in [1.54, 1.807) is 26.6 Å². The van der Waals surface area contributed by atoms with Crippen molar-refractivity contribution in [2.75, 3.05) is 51.8 Å². The number of ether oxygens (including phenoxy) is 2. The molecule has 158 valence electrons. The van der Waals surface area contributed by atoms with Gasteiger partial charge in [0.25, 0.3) is 0 Å². The zero-order valence-corrected chi connectivity index (χ0v) is 17.3. The highest BCUT2D eigenvalue weighted by Gasteiger charge is 2.18. The lowest BCUT2D eigenvalue weighted by Crippen LogP contribution is -2.32. The molecule has 4 rings (SSSR count). The van der Waals surface area contributed by atoms with E-state index in [-0.39, 0.29) is 0 Å². The van der Waals surface area contributed by atoms with Gasteiger partial charge in [0.05, 0.1) is 14.2 Å². The molecule has 3 heterocycles. The molecule has 9 nitrogen and oxygen atoms in total. The first-order chi connectivity index (χ1) is 14.8. The summed E-state index contributed by atoms with van der Waals surface area (Å²) in [5.41, 5.74) is 0.830. The first-order valence-corrected chi connectivity index (χ1v) is 10.1. The summed E-state index contributed by atoms with van der Waals surface area (Å²) >= 11 is 0. The number of aromatic nitrogens is 4. The van der Waals surface area contributed by atoms with Gasteiger partial charge in [-0.2, -0.15) is 4.98 Å². The summed E-state index contributed by atoms with van der Waals surface area (Å²) in [4.78, 5) is 17.9. The van der Waals surface area contributed by atoms with Crippen LogP contribution in [0.4, 0.5) is 5.95 Å². The van der Waals surface area contributed by atoms with E-state index in [2.05, 4.69) is 29.9 Å². The smallest absolute Gasteiger partial charge is 0.228 e. The lowest BCUT2D eigenvalue weighted by atomic mass is 10.2. The number of methoxy groups -OCH3 is 2. The van der Waals surface area contributed by atoms with Crippen LogP contribution in [0.2, 0.25) is 0 Å². The molecule has 1 aliphatic rings. The van der Waals surface area contributed by atoms with Crippen molar-refractivity contribution in [2.45, 2.75) is 12.8 Å². The van der Waals surface area contributed by atoms with Crippen LogP contribution in [0.1, 0.15) is 12.3 Å². The van der Waals surface area contributed by atoms with E-state index in [9.17, 15) is 0 Å². The van der Waals surface area contributed by atoms with E-state index in [1.807, 2.05) is 24.3 Å². The van der Waals surface area contributed by atoms with Gasteiger partial charge in [-0.15, -0.1) is 0 Å². The highest BCUT2D eigenvalue weighted by atomic mass is 16.5. The topological polar surface area (TPSA) is 89.6 Å². The van der Waals surface area contributed by atoms with E-state index in [0.717, 1.165) is 50.7 Å². The molecular formula is C21H26N6O3. The van der Waals surface area contributed by atoms with Crippen molar-refractivity contribution >= 4 is 5.95 Å². The van der Waals surface area contributed by atoms with Crippen molar-refractivity contribution in [3.05, 3.63) is 42.5 Å². The Balaban J connectivity index is 1.33. The van der Waals surface area contributed by atoms with Gasteiger partial charge >= 0.3 is 0 Å². The highest BCUT2D eigenvalue weighted by Crippen LogP contribution is 2.31. The molecule has 0 bridgehead atoms. The third kappa shape index (κ3) is 4.68. The molecule has 9 heteroatoms. The number of hydrogen-bond donors (Lipinski definition) is 0. The Morgan fingerprint density at radius 3 is 2.63 bits per heavy atom. The van der Waals surface area contributed by atoms with Gasteiger partial charge in [-0.1, -0.05) is 5.16 Å². The molecule has 30 heavy (non-hydrogen) atoms. The maximum absolute atomic E-state index is 5.47. The number of rotatable bonds is 7. The molecule has 1 fully saturated rings. The first kappa shape index (κ1) is 20.1. The van der Waals surface area contributed by atoms with E-state index < -0.39 is 0 Å². The molecule has 0 spiro atoms. The monoisotopic (exact) mass is 410 g/mol. The fourth-order valence-corrected chi connectivity index (χ4v) is 3.55. The van der Waals surface area contributed by atoms with Crippen molar-refractivity contribution in [3.8, 4) is 22.9 Å². The quantitative estimate of drug-likeness (QED) is 0.582. The number of nitrogens with zero attached hydrogens (tertiary/aromatic N) is 6. The van der Waals surface area contributed by atoms with Crippen molar-refractivity contribution in [1.82, 2.24) is 25.0 Å². The third-order valence-corrected chi connectivity index (χ3v) is 5.18. The van der Waals surface area contributed by atoms with E-state index in [4.69, 9.17) is 14.0 Å². The van der Waals surface area contributed by atoms with Gasteiger partial charge in [0, 0.05) is 50.6 Å². The van der Waals surface area contributed by atoms with Crippen LogP contribution < -0.4 is 14.4 Å². The van der Waals surface area contributed by atoms with Gasteiger partial charge in [0.2, 0.25) is 17.7 Å². The average Bonchev–Trinajstić information content (AvgIpc) is 3.15. The molecule has 0 atom stereocenters. The molecule has 0 unspecified atom stereocenters. The van der Waals surface area contributed by atoms with Crippen LogP contribution in [0.15, 0.2) is 41.2 Å². The Morgan fingerprint density at radius 2 is 1.83 bits per heavy atom. The normalized spacial score (nSPS) is 15.1. The summed E-state index contributed by atoms with van der Waals surface area (Å²) in [5, 5.41) is 4.13. The van der Waals surface area contributed by atoms with Crippen molar-refractivity contribution < 1.29 is 14.0 Å². The number of benzene rings is 1. The third-order valence-electron chi connectivity index (χ3n) is 5.18. The first-order valence-electron chi connectivity index (χ1n) is 10.1. The molecule has 0 N–H and O–H groups in total. The number of hydrogen-bond acceptors (Lipinski definition) is 9. The summed E-state index contributed by atoms with van der Waals surface area (Å²) in [7, 11) is 3.22. The zero-order chi connectivity index (χ0) is 20.8. The Kier molecular flexibility index (Phi) is 6.38. The standard InChI is InChI=1S/C21H26N6O3/c1-28-17-6-5-16(15-18(17)29-2)20-24-19(30-25-20)7-12-26-10-4-11-27(14-13-26)21-22-8-3-9-23-21/h3,5-6,8-9,15H,4,7,10-14H2,1-2H3. The highest BCUT2D eigenvalue weighted by molar-refractivity contribution is 5.60. The second-order valence-corrected chi connectivity index (χ2v) is 7.06. The lowest BCUT2D eigenvalue weighted by Gasteiger charge is -2.21. The summed E-state index contributed by atoms with van der Waals surface area (Å²) in [6, 6.07) is 7.42. The summed E-state index contributed by atoms with van der Waals surface area (Å²) in [6.45, 7) is 4.72. The van der Waals surface area contributed by atoms with Crippen LogP contribution in [0.25, 0.3) is 11.4 Å². The van der Waals surface area contributed by atoms with Gasteiger partial charge in [0.1, 0.15) is 0 Å². The predicted octanol–water partition coefficient (Wildman–Crippen LogP) is 2.30. The molecule has 1 aromatic carbocycles. The minimum absolute atomic E-state index is 0.550. The predicted molar refractivity (Wildman–Crippen MR) is 112 cm³/mol. The lowest BCUT2D eigenvalue weighted by molar-refractivity contribution is 0.279. The van der Waals surface area contributed by atoms with Crippen LogP contribution in [0.5, 0.6) is 11.5 Å². The zero-order valence-electron chi connectivity index (χ0n) is 17.3. The van der Waals surface area contributed by atoms with Gasteiger partial charge in [-0.05, 0) is 37.2 Å². The minimum Gasteiger partial charge on any atom is -0.493 e. The van der Waals surface area contributed by atoms with Crippen LogP contribution in [-0.4, -0.2) is 72.0 Å². The maximum Gasteiger partial charge on any atom is 0.228 e. The Morgan fingerprint density at radius 1 is 1.00 bits per heavy atom. The fraction of sp³-hybridized carbons (Fsp3) is 0.429. The van der Waals surface area contributed by atoms with E-state index >= 15 is 0 Å². The Hall–Kier alpha value is -3.20. The minimum atomic E-state index is 0.550. The summed E-state index contributed by atoms with van der Waals surface area (Å²) in [5.74, 6) is 3.29. The second kappa shape index (κ2) is 9.53. The largest absolute Gasteiger partial charge is 0.493 e. The van der Waals surface area contributed by atoms with Crippen molar-refractivity contribution in [1.29, 1.82) is 0 Å². The van der Waals surface area contributed by atoms with Gasteiger partial charge in [0.15, 0.2) is 11.5 Å². The maximum atomic E-state index is 5.47. The SMILES string of the molecule is COc1ccc(-c2noc(CCN3CCCN(c4ncccn4)CC3)n2)cc1OC. The molecule has 0 amide bonds. The van der Waals surface area contributed by atoms with E-state index in [1.165, 1.54) is 0 Å². The fourth-order valence-electron chi connectivity index (χ4n) is 3.55. The molecular weight excluding hydrogens is 384 g/mol. The Labute approximate surface area is 175 Å². The van der Waals surface area contributed by atoms with Gasteiger partial charge in [-0.3, -0.25) is 0 Å². The number of anilines is 1. The molecule has 0 radical (unpaired) electrons. The molecule has 0 saturated carbocycles. The summed E-state index contributed by atoms with van der Waals surface area (Å²) < 4.78 is 16.1. The Bertz CT molecular complexity index is 949. The molecule has 1 saturated heterocycles. The molecule has 3 aromatic rings. The molecule has 0 aliphatic carbocycles. The van der Waals surface area contributed by atoms with Gasteiger partial charge < -0.3 is 23.8 Å². The average molecular weight is 410 g/mol. The van der Waals surface area contributed by atoms with Crippen LogP contribution in [0.3, 0.4) is 0 Å². The second-order valence-electron chi connectivity index (χ2n) is 7.06. The van der Waals surface area contributed by atoms with Crippen molar-refractivity contribution in [3.63, 3.8) is 0 Å². The van der Waals surface area contributed by atoms with Gasteiger partial charge in [-0.25, -0.2) is 9.97 Å². The molecule has 1 aliphatic heterocycles. The van der Waals surface area contributed by atoms with Crippen LogP contribution in [0, 0.1) is 0 Å². The summed E-state index contributed by atoms with van der Waals surface area (Å²) in [6.07, 6.45) is 5.36. The van der Waals surface area contributed by atoms with Crippen molar-refractivity contribution in [2.24, 2.45) is 0 Å². The van der Waals surface area contributed by atoms with Crippen LogP contribution >= 0.6 is 0 Å².